The van der Waals surface area contributed by atoms with E-state index in [-0.39, 0.29) is 17.0 Å². The van der Waals surface area contributed by atoms with Crippen molar-refractivity contribution < 1.29 is 29.0 Å². The zero-order valence-electron chi connectivity index (χ0n) is 21.1. The summed E-state index contributed by atoms with van der Waals surface area (Å²) in [4.78, 5) is 45.4. The number of amides is 1. The molecule has 0 spiro atoms. The van der Waals surface area contributed by atoms with Crippen LogP contribution in [0.5, 0.6) is 5.75 Å². The van der Waals surface area contributed by atoms with Crippen LogP contribution in [0.2, 0.25) is 0 Å². The molecule has 1 aliphatic heterocycles. The first-order valence-corrected chi connectivity index (χ1v) is 11.6. The number of para-hydroxylation sites is 1. The van der Waals surface area contributed by atoms with Crippen LogP contribution in [0, 0.1) is 13.8 Å². The first-order chi connectivity index (χ1) is 16.7. The number of likely N-dealkylation sites (N-methyl/N-ethyl adjacent to an activating group) is 1. The molecule has 1 saturated heterocycles. The summed E-state index contributed by atoms with van der Waals surface area (Å²) in [6.45, 7) is 9.88. The molecule has 1 aliphatic rings. The van der Waals surface area contributed by atoms with Crippen molar-refractivity contribution in [3.05, 3.63) is 57.9 Å². The summed E-state index contributed by atoms with van der Waals surface area (Å²) in [6.07, 6.45) is 0. The molecule has 1 fully saturated rings. The number of rotatable bonds is 9. The van der Waals surface area contributed by atoms with Crippen LogP contribution in [-0.2, 0) is 14.3 Å². The molecule has 0 aliphatic carbocycles. The average Bonchev–Trinajstić information content (AvgIpc) is 3.30. The van der Waals surface area contributed by atoms with Gasteiger partial charge in [-0.05, 0) is 38.6 Å². The third kappa shape index (κ3) is 4.68. The number of hydrogen-bond donors (Lipinski definition) is 2. The Kier molecular flexibility index (Phi) is 8.01. The summed E-state index contributed by atoms with van der Waals surface area (Å²) in [6, 6.07) is 6.28. The van der Waals surface area contributed by atoms with Crippen molar-refractivity contribution in [2.45, 2.75) is 33.7 Å². The van der Waals surface area contributed by atoms with Crippen LogP contribution in [0.25, 0.3) is 5.76 Å². The van der Waals surface area contributed by atoms with Gasteiger partial charge in [-0.2, -0.15) is 0 Å². The van der Waals surface area contributed by atoms with Gasteiger partial charge in [0.25, 0.3) is 11.7 Å². The van der Waals surface area contributed by atoms with Gasteiger partial charge in [-0.25, -0.2) is 4.79 Å². The molecule has 0 bridgehead atoms. The van der Waals surface area contributed by atoms with Crippen LogP contribution >= 0.6 is 0 Å². The molecule has 188 valence electrons. The van der Waals surface area contributed by atoms with E-state index in [0.717, 1.165) is 13.1 Å². The molecule has 1 aromatic carbocycles. The van der Waals surface area contributed by atoms with Gasteiger partial charge in [0.15, 0.2) is 0 Å². The fourth-order valence-corrected chi connectivity index (χ4v) is 4.66. The van der Waals surface area contributed by atoms with E-state index in [1.807, 2.05) is 13.8 Å². The number of carbonyl (C=O) groups is 3. The third-order valence-corrected chi connectivity index (χ3v) is 6.59. The number of likely N-dealkylation sites (tertiary alicyclic amines) is 1. The Morgan fingerprint density at radius 1 is 1.14 bits per heavy atom. The van der Waals surface area contributed by atoms with Gasteiger partial charge in [0, 0.05) is 29.9 Å². The molecule has 3 rings (SSSR count). The van der Waals surface area contributed by atoms with E-state index in [1.54, 1.807) is 38.1 Å². The summed E-state index contributed by atoms with van der Waals surface area (Å²) in [7, 11) is 2.78. The quantitative estimate of drug-likeness (QED) is 0.244. The predicted molar refractivity (Wildman–Crippen MR) is 131 cm³/mol. The fourth-order valence-electron chi connectivity index (χ4n) is 4.66. The largest absolute Gasteiger partial charge is 0.507 e. The molecule has 9 nitrogen and oxygen atoms in total. The highest BCUT2D eigenvalue weighted by molar-refractivity contribution is 6.46. The van der Waals surface area contributed by atoms with E-state index in [4.69, 9.17) is 9.47 Å². The minimum Gasteiger partial charge on any atom is -0.507 e. The number of esters is 1. The molecule has 0 unspecified atom stereocenters. The number of ether oxygens (including phenoxy) is 2. The number of aryl methyl sites for hydroxylation is 1. The van der Waals surface area contributed by atoms with E-state index in [0.29, 0.717) is 41.2 Å². The minimum atomic E-state index is -0.850. The number of ketones is 1. The second-order valence-corrected chi connectivity index (χ2v) is 8.38. The highest BCUT2D eigenvalue weighted by Gasteiger charge is 2.47. The Morgan fingerprint density at radius 2 is 1.80 bits per heavy atom. The first-order valence-electron chi connectivity index (χ1n) is 11.6. The molecule has 0 radical (unpaired) electrons. The number of aromatic nitrogens is 1. The van der Waals surface area contributed by atoms with Gasteiger partial charge in [-0.15, -0.1) is 0 Å². The van der Waals surface area contributed by atoms with E-state index < -0.39 is 23.7 Å². The van der Waals surface area contributed by atoms with Crippen molar-refractivity contribution in [3.63, 3.8) is 0 Å². The number of carbonyl (C=O) groups excluding carboxylic acids is 3. The molecule has 1 atom stereocenters. The van der Waals surface area contributed by atoms with Crippen LogP contribution < -0.4 is 4.74 Å². The number of methoxy groups -OCH3 is 2. The van der Waals surface area contributed by atoms with Gasteiger partial charge >= 0.3 is 5.97 Å². The van der Waals surface area contributed by atoms with Gasteiger partial charge in [0.05, 0.1) is 25.8 Å². The maximum absolute atomic E-state index is 13.4. The van der Waals surface area contributed by atoms with Crippen LogP contribution in [0.15, 0.2) is 29.8 Å². The van der Waals surface area contributed by atoms with Gasteiger partial charge in [-0.1, -0.05) is 32.0 Å². The number of aliphatic hydroxyl groups excluding tert-OH is 1. The van der Waals surface area contributed by atoms with E-state index >= 15 is 0 Å². The lowest BCUT2D eigenvalue weighted by Gasteiger charge is -2.29. The minimum absolute atomic E-state index is 0.0411. The summed E-state index contributed by atoms with van der Waals surface area (Å²) >= 11 is 0. The molecule has 0 saturated carbocycles. The monoisotopic (exact) mass is 483 g/mol. The Bertz CT molecular complexity index is 1160. The number of hydrogen-bond acceptors (Lipinski definition) is 7. The fraction of sp³-hybridized carbons (Fsp3) is 0.423. The third-order valence-electron chi connectivity index (χ3n) is 6.59. The number of aliphatic hydroxyl groups is 1. The number of nitrogens with zero attached hydrogens (tertiary/aromatic N) is 2. The van der Waals surface area contributed by atoms with Crippen LogP contribution in [0.3, 0.4) is 0 Å². The van der Waals surface area contributed by atoms with Gasteiger partial charge in [-0.3, -0.25) is 9.59 Å². The lowest BCUT2D eigenvalue weighted by Crippen LogP contribution is -2.38. The SMILES string of the molecule is CCN(CC)CCN1C(=O)C(=O)/C(=C(\O)c2c(C)[nH]c(C(=O)OC)c2C)[C@@H]1c1ccccc1OC. The number of nitrogens with one attached hydrogen (secondary N) is 1. The van der Waals surface area contributed by atoms with E-state index in [2.05, 4.69) is 9.88 Å². The van der Waals surface area contributed by atoms with Crippen LogP contribution in [0.1, 0.15) is 52.8 Å². The molecule has 35 heavy (non-hydrogen) atoms. The molecular weight excluding hydrogens is 450 g/mol. The molecule has 2 N–H and O–H groups in total. The smallest absolute Gasteiger partial charge is 0.354 e. The first kappa shape index (κ1) is 26.0. The Labute approximate surface area is 205 Å². The Morgan fingerprint density at radius 3 is 2.40 bits per heavy atom. The highest BCUT2D eigenvalue weighted by atomic mass is 16.5. The Hall–Kier alpha value is -3.59. The van der Waals surface area contributed by atoms with Gasteiger partial charge < -0.3 is 29.4 Å². The highest BCUT2D eigenvalue weighted by Crippen LogP contribution is 2.43. The zero-order chi connectivity index (χ0) is 25.9. The number of Topliss-reactive ketones (excluding diaryl/α,β-unsaturated/α-hetero) is 1. The Balaban J connectivity index is 2.23. The lowest BCUT2D eigenvalue weighted by atomic mass is 9.93. The topological polar surface area (TPSA) is 112 Å². The maximum atomic E-state index is 13.4. The predicted octanol–water partition coefficient (Wildman–Crippen LogP) is 3.19. The molecule has 1 aromatic heterocycles. The van der Waals surface area contributed by atoms with Crippen molar-refractivity contribution in [1.82, 2.24) is 14.8 Å². The maximum Gasteiger partial charge on any atom is 0.354 e. The zero-order valence-corrected chi connectivity index (χ0v) is 21.1. The van der Waals surface area contributed by atoms with Gasteiger partial charge in [0.2, 0.25) is 0 Å². The lowest BCUT2D eigenvalue weighted by molar-refractivity contribution is -0.140. The van der Waals surface area contributed by atoms with Crippen molar-refractivity contribution in [2.75, 3.05) is 40.4 Å². The van der Waals surface area contributed by atoms with Gasteiger partial charge in [0.1, 0.15) is 17.2 Å². The summed E-state index contributed by atoms with van der Waals surface area (Å²) < 4.78 is 10.4. The summed E-state index contributed by atoms with van der Waals surface area (Å²) in [5.41, 5.74) is 1.94. The number of H-pyrrole nitrogens is 1. The molecular formula is C26H33N3O6. The number of benzene rings is 1. The van der Waals surface area contributed by atoms with Crippen molar-refractivity contribution in [1.29, 1.82) is 0 Å². The van der Waals surface area contributed by atoms with Crippen molar-refractivity contribution >= 4 is 23.4 Å². The van der Waals surface area contributed by atoms with E-state index in [9.17, 15) is 19.5 Å². The second kappa shape index (κ2) is 10.8. The number of aromatic amines is 1. The average molecular weight is 484 g/mol. The van der Waals surface area contributed by atoms with Crippen molar-refractivity contribution in [3.8, 4) is 5.75 Å². The second-order valence-electron chi connectivity index (χ2n) is 8.38. The molecule has 2 heterocycles. The van der Waals surface area contributed by atoms with Crippen LogP contribution in [-0.4, -0.2) is 77.9 Å². The van der Waals surface area contributed by atoms with E-state index in [1.165, 1.54) is 19.1 Å². The van der Waals surface area contributed by atoms with Crippen molar-refractivity contribution in [2.24, 2.45) is 0 Å². The summed E-state index contributed by atoms with van der Waals surface area (Å²) in [5.74, 6) is -1.90. The molecule has 2 aromatic rings. The molecule has 9 heteroatoms. The van der Waals surface area contributed by atoms with Crippen LogP contribution in [0.4, 0.5) is 0 Å². The standard InChI is InChI=1S/C26H33N3O6/c1-7-28(8-2)13-14-29-22(17-11-9-10-12-18(17)34-5)20(24(31)25(29)32)23(30)19-15(3)21(26(33)35-6)27-16(19)4/h9-12,22,27,30H,7-8,13-14H2,1-6H3/b23-20-/t22-/m0/s1. The molecule has 1 amide bonds. The summed E-state index contributed by atoms with van der Waals surface area (Å²) in [5, 5.41) is 11.5. The normalized spacial score (nSPS) is 17.3.